The van der Waals surface area contributed by atoms with Crippen LogP contribution in [-0.2, 0) is 16.0 Å². The Balaban J connectivity index is 1.94. The van der Waals surface area contributed by atoms with E-state index in [1.807, 2.05) is 16.8 Å². The van der Waals surface area contributed by atoms with Gasteiger partial charge in [0, 0.05) is 29.8 Å². The van der Waals surface area contributed by atoms with Crippen LogP contribution in [0.1, 0.15) is 26.2 Å². The van der Waals surface area contributed by atoms with Crippen LogP contribution in [0.2, 0.25) is 0 Å². The number of carboxylic acid groups (broad SMARTS) is 1. The van der Waals surface area contributed by atoms with E-state index < -0.39 is 5.97 Å². The van der Waals surface area contributed by atoms with E-state index in [2.05, 4.69) is 10.1 Å². The fraction of sp³-hybridized carbons (Fsp3) is 0.429. The predicted molar refractivity (Wildman–Crippen MR) is 80.4 cm³/mol. The summed E-state index contributed by atoms with van der Waals surface area (Å²) >= 11 is 1.54. The highest BCUT2D eigenvalue weighted by Gasteiger charge is 2.20. The lowest BCUT2D eigenvalue weighted by Gasteiger charge is -2.24. The van der Waals surface area contributed by atoms with Crippen LogP contribution in [0.15, 0.2) is 21.3 Å². The first-order valence-corrected chi connectivity index (χ1v) is 7.78. The number of carbonyl (C=O) groups is 2. The van der Waals surface area contributed by atoms with Gasteiger partial charge in [0.2, 0.25) is 17.6 Å². The topological polar surface area (TPSA) is 96.5 Å². The van der Waals surface area contributed by atoms with Crippen molar-refractivity contribution < 1.29 is 19.2 Å². The van der Waals surface area contributed by atoms with Crippen LogP contribution < -0.4 is 0 Å². The van der Waals surface area contributed by atoms with Crippen LogP contribution in [0.5, 0.6) is 0 Å². The first-order chi connectivity index (χ1) is 10.5. The standard InChI is InChI=1S/C14H17N3O4S/c1-9(2)17(7-13(19)20)12(18)4-3-11-15-14(16-21-11)10-5-6-22-8-10/h5-6,8-9H,3-4,7H2,1-2H3,(H,19,20). The Labute approximate surface area is 131 Å². The van der Waals surface area contributed by atoms with E-state index in [1.165, 1.54) is 16.2 Å². The molecule has 0 unspecified atom stereocenters. The van der Waals surface area contributed by atoms with Gasteiger partial charge in [-0.25, -0.2) is 0 Å². The number of nitrogens with zero attached hydrogens (tertiary/aromatic N) is 3. The zero-order chi connectivity index (χ0) is 16.1. The number of aliphatic carboxylic acids is 1. The summed E-state index contributed by atoms with van der Waals surface area (Å²) in [5.41, 5.74) is 0.876. The molecule has 7 nitrogen and oxygen atoms in total. The maximum atomic E-state index is 12.1. The predicted octanol–water partition coefficient (Wildman–Crippen LogP) is 2.05. The molecule has 0 radical (unpaired) electrons. The van der Waals surface area contributed by atoms with Crippen LogP contribution in [0.25, 0.3) is 11.4 Å². The number of carbonyl (C=O) groups excluding carboxylic acids is 1. The van der Waals surface area contributed by atoms with E-state index in [4.69, 9.17) is 9.63 Å². The van der Waals surface area contributed by atoms with Crippen molar-refractivity contribution in [2.75, 3.05) is 6.54 Å². The minimum atomic E-state index is -1.03. The average Bonchev–Trinajstić information content (AvgIpc) is 3.11. The zero-order valence-electron chi connectivity index (χ0n) is 12.4. The number of hydrogen-bond donors (Lipinski definition) is 1. The van der Waals surface area contributed by atoms with Gasteiger partial charge in [-0.05, 0) is 25.3 Å². The number of hydrogen-bond acceptors (Lipinski definition) is 6. The molecule has 0 fully saturated rings. The molecule has 2 rings (SSSR count). The lowest BCUT2D eigenvalue weighted by Crippen LogP contribution is -2.40. The Morgan fingerprint density at radius 1 is 1.45 bits per heavy atom. The van der Waals surface area contributed by atoms with Crippen molar-refractivity contribution in [3.63, 3.8) is 0 Å². The highest BCUT2D eigenvalue weighted by molar-refractivity contribution is 7.08. The van der Waals surface area contributed by atoms with E-state index >= 15 is 0 Å². The van der Waals surface area contributed by atoms with Crippen molar-refractivity contribution in [2.45, 2.75) is 32.7 Å². The van der Waals surface area contributed by atoms with Crippen LogP contribution in [-0.4, -0.2) is 44.6 Å². The maximum absolute atomic E-state index is 12.1. The van der Waals surface area contributed by atoms with E-state index in [1.54, 1.807) is 13.8 Å². The fourth-order valence-corrected chi connectivity index (χ4v) is 2.56. The molecule has 22 heavy (non-hydrogen) atoms. The molecule has 0 aromatic carbocycles. The lowest BCUT2D eigenvalue weighted by molar-refractivity contribution is -0.145. The molecule has 2 aromatic heterocycles. The molecule has 0 saturated heterocycles. The average molecular weight is 323 g/mol. The molecule has 0 aliphatic heterocycles. The minimum Gasteiger partial charge on any atom is -0.480 e. The summed E-state index contributed by atoms with van der Waals surface area (Å²) in [6.45, 7) is 3.25. The Hall–Kier alpha value is -2.22. The molecule has 0 aliphatic rings. The van der Waals surface area contributed by atoms with Gasteiger partial charge in [0.05, 0.1) is 0 Å². The van der Waals surface area contributed by atoms with Gasteiger partial charge in [0.15, 0.2) is 0 Å². The summed E-state index contributed by atoms with van der Waals surface area (Å²) in [5, 5.41) is 16.5. The van der Waals surface area contributed by atoms with Gasteiger partial charge < -0.3 is 14.5 Å². The number of aromatic nitrogens is 2. The molecule has 0 bridgehead atoms. The molecule has 1 N–H and O–H groups in total. The molecular weight excluding hydrogens is 306 g/mol. The fourth-order valence-electron chi connectivity index (χ4n) is 1.93. The molecular formula is C14H17N3O4S. The summed E-state index contributed by atoms with van der Waals surface area (Å²) in [6, 6.07) is 1.71. The zero-order valence-corrected chi connectivity index (χ0v) is 13.2. The third-order valence-corrected chi connectivity index (χ3v) is 3.73. The number of carboxylic acids is 1. The molecule has 0 saturated carbocycles. The second-order valence-corrected chi connectivity index (χ2v) is 5.81. The van der Waals surface area contributed by atoms with Crippen molar-refractivity contribution in [3.8, 4) is 11.4 Å². The van der Waals surface area contributed by atoms with Gasteiger partial charge in [0.1, 0.15) is 6.54 Å². The number of amides is 1. The Kier molecular flexibility index (Phi) is 5.26. The summed E-state index contributed by atoms with van der Waals surface area (Å²) < 4.78 is 5.12. The van der Waals surface area contributed by atoms with E-state index in [9.17, 15) is 9.59 Å². The van der Waals surface area contributed by atoms with Crippen molar-refractivity contribution in [2.24, 2.45) is 0 Å². The monoisotopic (exact) mass is 323 g/mol. The molecule has 1 amide bonds. The third kappa shape index (κ3) is 4.14. The van der Waals surface area contributed by atoms with Crippen molar-refractivity contribution in [3.05, 3.63) is 22.7 Å². The Morgan fingerprint density at radius 2 is 2.23 bits per heavy atom. The summed E-state index contributed by atoms with van der Waals surface area (Å²) in [6.07, 6.45) is 0.426. The number of rotatable bonds is 7. The Bertz CT molecular complexity index is 636. The largest absolute Gasteiger partial charge is 0.480 e. The van der Waals surface area contributed by atoms with Crippen LogP contribution in [0, 0.1) is 0 Å². The van der Waals surface area contributed by atoms with E-state index in [-0.39, 0.29) is 24.9 Å². The van der Waals surface area contributed by atoms with Crippen LogP contribution in [0.4, 0.5) is 0 Å². The van der Waals surface area contributed by atoms with Crippen LogP contribution in [0.3, 0.4) is 0 Å². The second kappa shape index (κ2) is 7.17. The number of aryl methyl sites for hydroxylation is 1. The molecule has 0 spiro atoms. The van der Waals surface area contributed by atoms with E-state index in [0.29, 0.717) is 18.1 Å². The van der Waals surface area contributed by atoms with Gasteiger partial charge in [-0.1, -0.05) is 5.16 Å². The maximum Gasteiger partial charge on any atom is 0.323 e. The summed E-state index contributed by atoms with van der Waals surface area (Å²) in [7, 11) is 0. The molecule has 2 aromatic rings. The first kappa shape index (κ1) is 16.2. The van der Waals surface area contributed by atoms with Gasteiger partial charge >= 0.3 is 5.97 Å². The highest BCUT2D eigenvalue weighted by atomic mass is 32.1. The molecule has 0 aliphatic carbocycles. The van der Waals surface area contributed by atoms with Gasteiger partial charge in [-0.3, -0.25) is 9.59 Å². The summed E-state index contributed by atoms with van der Waals surface area (Å²) in [4.78, 5) is 28.4. The molecule has 118 valence electrons. The molecule has 2 heterocycles. The van der Waals surface area contributed by atoms with Gasteiger partial charge in [0.25, 0.3) is 0 Å². The van der Waals surface area contributed by atoms with Crippen molar-refractivity contribution >= 4 is 23.2 Å². The van der Waals surface area contributed by atoms with Crippen LogP contribution >= 0.6 is 11.3 Å². The van der Waals surface area contributed by atoms with E-state index in [0.717, 1.165) is 5.56 Å². The second-order valence-electron chi connectivity index (χ2n) is 5.03. The normalized spacial score (nSPS) is 10.9. The minimum absolute atomic E-state index is 0.136. The highest BCUT2D eigenvalue weighted by Crippen LogP contribution is 2.19. The first-order valence-electron chi connectivity index (χ1n) is 6.83. The molecule has 8 heteroatoms. The van der Waals surface area contributed by atoms with Crippen molar-refractivity contribution in [1.82, 2.24) is 15.0 Å². The van der Waals surface area contributed by atoms with Crippen molar-refractivity contribution in [1.29, 1.82) is 0 Å². The SMILES string of the molecule is CC(C)N(CC(=O)O)C(=O)CCc1nc(-c2ccsc2)no1. The molecule has 0 atom stereocenters. The summed E-state index contributed by atoms with van der Waals surface area (Å²) in [5.74, 6) is -0.407. The number of thiophene rings is 1. The van der Waals surface area contributed by atoms with Gasteiger partial charge in [-0.15, -0.1) is 0 Å². The lowest BCUT2D eigenvalue weighted by atomic mass is 10.2. The van der Waals surface area contributed by atoms with Gasteiger partial charge in [-0.2, -0.15) is 16.3 Å². The quantitative estimate of drug-likeness (QED) is 0.837. The third-order valence-electron chi connectivity index (χ3n) is 3.05. The smallest absolute Gasteiger partial charge is 0.323 e. The Morgan fingerprint density at radius 3 is 2.82 bits per heavy atom.